The number of alkyl halides is 1. The Morgan fingerprint density at radius 2 is 2.36 bits per heavy atom. The largest absolute Gasteiger partial charge is 0.350 e. The van der Waals surface area contributed by atoms with E-state index in [1.165, 1.54) is 0 Å². The summed E-state index contributed by atoms with van der Waals surface area (Å²) in [5, 5.41) is 2.65. The van der Waals surface area contributed by atoms with E-state index in [9.17, 15) is 9.18 Å². The van der Waals surface area contributed by atoms with Crippen molar-refractivity contribution in [3.8, 4) is 0 Å². The third-order valence-electron chi connectivity index (χ3n) is 2.72. The fourth-order valence-corrected chi connectivity index (χ4v) is 2.10. The van der Waals surface area contributed by atoms with Gasteiger partial charge < -0.3 is 5.32 Å². The zero-order valence-corrected chi connectivity index (χ0v) is 6.73. The minimum Gasteiger partial charge on any atom is -0.350 e. The molecule has 62 valence electrons. The van der Waals surface area contributed by atoms with Crippen LogP contribution in [0.1, 0.15) is 20.3 Å². The van der Waals surface area contributed by atoms with Gasteiger partial charge in [-0.05, 0) is 5.92 Å². The van der Waals surface area contributed by atoms with Crippen LogP contribution in [0.15, 0.2) is 0 Å². The van der Waals surface area contributed by atoms with Gasteiger partial charge in [-0.15, -0.1) is 0 Å². The normalized spacial score (nSPS) is 47.5. The zero-order chi connectivity index (χ0) is 8.22. The lowest BCUT2D eigenvalue weighted by Gasteiger charge is -2.16. The van der Waals surface area contributed by atoms with E-state index in [1.807, 2.05) is 13.8 Å². The molecular weight excluding hydrogens is 145 g/mol. The second-order valence-electron chi connectivity index (χ2n) is 3.91. The Morgan fingerprint density at radius 1 is 1.73 bits per heavy atom. The van der Waals surface area contributed by atoms with Crippen molar-refractivity contribution in [2.75, 3.05) is 0 Å². The lowest BCUT2D eigenvalue weighted by molar-refractivity contribution is -0.126. The highest BCUT2D eigenvalue weighted by Crippen LogP contribution is 2.53. The molecule has 3 heteroatoms. The van der Waals surface area contributed by atoms with Gasteiger partial charge in [0.25, 0.3) is 0 Å². The molecule has 0 spiro atoms. The first kappa shape index (κ1) is 7.07. The molecule has 1 saturated heterocycles. The predicted octanol–water partition coefficient (Wildman–Crippen LogP) is 0.869. The van der Waals surface area contributed by atoms with Gasteiger partial charge in [-0.25, -0.2) is 4.39 Å². The van der Waals surface area contributed by atoms with Crippen molar-refractivity contribution >= 4 is 5.91 Å². The molecule has 2 nitrogen and oxygen atoms in total. The van der Waals surface area contributed by atoms with Crippen LogP contribution in [0.3, 0.4) is 0 Å². The Kier molecular flexibility index (Phi) is 1.13. The quantitative estimate of drug-likeness (QED) is 0.601. The lowest BCUT2D eigenvalue weighted by Crippen LogP contribution is -2.30. The van der Waals surface area contributed by atoms with E-state index in [-0.39, 0.29) is 17.9 Å². The molecule has 1 heterocycles. The van der Waals surface area contributed by atoms with Crippen LogP contribution in [-0.2, 0) is 4.79 Å². The topological polar surface area (TPSA) is 29.1 Å². The van der Waals surface area contributed by atoms with E-state index in [1.54, 1.807) is 0 Å². The Bertz CT molecular complexity index is 216. The summed E-state index contributed by atoms with van der Waals surface area (Å²) in [6.07, 6.45) is 0.529. The Morgan fingerprint density at radius 3 is 2.64 bits per heavy atom. The highest BCUT2D eigenvalue weighted by Gasteiger charge is 2.69. The van der Waals surface area contributed by atoms with Gasteiger partial charge in [0.1, 0.15) is 5.67 Å². The van der Waals surface area contributed by atoms with Gasteiger partial charge in [0.2, 0.25) is 5.91 Å². The molecule has 1 aliphatic heterocycles. The molecule has 0 radical (unpaired) electrons. The number of amides is 1. The minimum atomic E-state index is -1.19. The van der Waals surface area contributed by atoms with Crippen LogP contribution >= 0.6 is 0 Å². The third-order valence-corrected chi connectivity index (χ3v) is 2.72. The van der Waals surface area contributed by atoms with E-state index in [2.05, 4.69) is 5.32 Å². The molecule has 1 amide bonds. The van der Waals surface area contributed by atoms with Crippen LogP contribution in [0.25, 0.3) is 0 Å². The molecule has 1 N–H and O–H groups in total. The molecule has 0 aromatic rings. The molecule has 0 aromatic carbocycles. The number of piperidine rings is 1. The summed E-state index contributed by atoms with van der Waals surface area (Å²) in [5.74, 6) is -0.376. The first-order chi connectivity index (χ1) is 5.05. The van der Waals surface area contributed by atoms with Gasteiger partial charge >= 0.3 is 0 Å². The number of hydrogen-bond acceptors (Lipinski definition) is 1. The van der Waals surface area contributed by atoms with Crippen LogP contribution in [0.2, 0.25) is 0 Å². The number of halogens is 1. The maximum absolute atomic E-state index is 13.6. The van der Waals surface area contributed by atoms with E-state index in [0.29, 0.717) is 6.42 Å². The fraction of sp³-hybridized carbons (Fsp3) is 0.875. The molecule has 2 aliphatic rings. The maximum atomic E-state index is 13.6. The van der Waals surface area contributed by atoms with Gasteiger partial charge in [0.15, 0.2) is 0 Å². The number of hydrogen-bond donors (Lipinski definition) is 1. The summed E-state index contributed by atoms with van der Waals surface area (Å²) in [7, 11) is 0. The van der Waals surface area contributed by atoms with Crippen molar-refractivity contribution < 1.29 is 9.18 Å². The second kappa shape index (κ2) is 1.76. The van der Waals surface area contributed by atoms with Crippen molar-refractivity contribution in [2.45, 2.75) is 32.0 Å². The van der Waals surface area contributed by atoms with Crippen LogP contribution in [0.4, 0.5) is 4.39 Å². The number of rotatable bonds is 1. The van der Waals surface area contributed by atoms with E-state index >= 15 is 0 Å². The molecule has 0 aromatic heterocycles. The van der Waals surface area contributed by atoms with Gasteiger partial charge in [0, 0.05) is 6.42 Å². The first-order valence-corrected chi connectivity index (χ1v) is 4.05. The Balaban J connectivity index is 2.23. The molecular formula is C8H12FNO. The number of carbonyl (C=O) groups excluding carboxylic acids is 1. The molecule has 0 bridgehead atoms. The summed E-state index contributed by atoms with van der Waals surface area (Å²) in [4.78, 5) is 11.1. The van der Waals surface area contributed by atoms with Gasteiger partial charge in [0.05, 0.1) is 12.0 Å². The smallest absolute Gasteiger partial charge is 0.227 e. The first-order valence-electron chi connectivity index (χ1n) is 4.05. The summed E-state index contributed by atoms with van der Waals surface area (Å²) >= 11 is 0. The molecule has 3 unspecified atom stereocenters. The van der Waals surface area contributed by atoms with Gasteiger partial charge in [-0.2, -0.15) is 0 Å². The highest BCUT2D eigenvalue weighted by atomic mass is 19.1. The second-order valence-corrected chi connectivity index (χ2v) is 3.91. The monoisotopic (exact) mass is 157 g/mol. The fourth-order valence-electron chi connectivity index (χ4n) is 2.10. The molecule has 2 rings (SSSR count). The summed E-state index contributed by atoms with van der Waals surface area (Å²) < 4.78 is 13.6. The minimum absolute atomic E-state index is 0.0984. The van der Waals surface area contributed by atoms with Crippen LogP contribution in [0.5, 0.6) is 0 Å². The Hall–Kier alpha value is -0.600. The molecule has 1 aliphatic carbocycles. The molecule has 3 atom stereocenters. The van der Waals surface area contributed by atoms with E-state index in [0.717, 1.165) is 0 Å². The number of carbonyl (C=O) groups is 1. The molecule has 11 heavy (non-hydrogen) atoms. The average molecular weight is 157 g/mol. The molecule has 2 fully saturated rings. The number of nitrogens with one attached hydrogen (secondary N) is 1. The van der Waals surface area contributed by atoms with Crippen LogP contribution in [-0.4, -0.2) is 17.6 Å². The third kappa shape index (κ3) is 0.739. The van der Waals surface area contributed by atoms with Gasteiger partial charge in [-0.3, -0.25) is 4.79 Å². The zero-order valence-electron chi connectivity index (χ0n) is 6.73. The summed E-state index contributed by atoms with van der Waals surface area (Å²) in [6.45, 7) is 3.79. The Labute approximate surface area is 65.2 Å². The van der Waals surface area contributed by atoms with Gasteiger partial charge in [-0.1, -0.05) is 13.8 Å². The predicted molar refractivity (Wildman–Crippen MR) is 38.7 cm³/mol. The number of fused-ring (bicyclic) bond motifs is 1. The SMILES string of the molecule is CC(C)C1C(=O)NC2CC21F. The van der Waals surface area contributed by atoms with Crippen molar-refractivity contribution in [1.82, 2.24) is 5.32 Å². The highest BCUT2D eigenvalue weighted by molar-refractivity contribution is 5.86. The van der Waals surface area contributed by atoms with Crippen molar-refractivity contribution in [1.29, 1.82) is 0 Å². The maximum Gasteiger partial charge on any atom is 0.227 e. The van der Waals surface area contributed by atoms with E-state index < -0.39 is 11.6 Å². The van der Waals surface area contributed by atoms with E-state index in [4.69, 9.17) is 0 Å². The summed E-state index contributed by atoms with van der Waals surface area (Å²) in [5.41, 5.74) is -1.19. The standard InChI is InChI=1S/C8H12FNO/c1-4(2)6-7(11)10-5-3-8(5,6)9/h4-6H,3H2,1-2H3,(H,10,11). The van der Waals surface area contributed by atoms with Crippen LogP contribution < -0.4 is 5.32 Å². The van der Waals surface area contributed by atoms with Crippen LogP contribution in [0, 0.1) is 11.8 Å². The van der Waals surface area contributed by atoms with Crippen molar-refractivity contribution in [3.05, 3.63) is 0 Å². The summed E-state index contributed by atoms with van der Waals surface area (Å²) in [6, 6.07) is -0.164. The average Bonchev–Trinajstić information content (AvgIpc) is 2.33. The van der Waals surface area contributed by atoms with Crippen molar-refractivity contribution in [2.24, 2.45) is 11.8 Å². The van der Waals surface area contributed by atoms with Crippen molar-refractivity contribution in [3.63, 3.8) is 0 Å². The molecule has 1 saturated carbocycles. The lowest BCUT2D eigenvalue weighted by atomic mass is 9.90.